The van der Waals surface area contributed by atoms with Crippen molar-refractivity contribution in [2.75, 3.05) is 19.4 Å². The van der Waals surface area contributed by atoms with Crippen LogP contribution in [0.5, 0.6) is 0 Å². The highest BCUT2D eigenvalue weighted by atomic mass is 32.2. The van der Waals surface area contributed by atoms with Crippen LogP contribution in [0, 0.1) is 0 Å². The van der Waals surface area contributed by atoms with E-state index in [0.717, 1.165) is 55.3 Å². The number of hydrogen-bond acceptors (Lipinski definition) is 6. The van der Waals surface area contributed by atoms with Gasteiger partial charge < -0.3 is 10.2 Å². The lowest BCUT2D eigenvalue weighted by Gasteiger charge is -2.16. The van der Waals surface area contributed by atoms with E-state index in [4.69, 9.17) is 0 Å². The Morgan fingerprint density at radius 2 is 1.67 bits per heavy atom. The third-order valence-electron chi connectivity index (χ3n) is 5.44. The summed E-state index contributed by atoms with van der Waals surface area (Å²) in [6, 6.07) is 2.68. The summed E-state index contributed by atoms with van der Waals surface area (Å²) in [5.41, 5.74) is 5.31. The van der Waals surface area contributed by atoms with Gasteiger partial charge in [-0.2, -0.15) is 8.42 Å². The van der Waals surface area contributed by atoms with Crippen LogP contribution in [-0.4, -0.2) is 49.3 Å². The van der Waals surface area contributed by atoms with Crippen LogP contribution in [0.15, 0.2) is 23.5 Å². The molecule has 1 aromatic heterocycles. The molecule has 2 N–H and O–H groups in total. The van der Waals surface area contributed by atoms with Gasteiger partial charge in [0.15, 0.2) is 0 Å². The van der Waals surface area contributed by atoms with E-state index in [1.165, 1.54) is 42.4 Å². The van der Waals surface area contributed by atoms with Gasteiger partial charge in [0.2, 0.25) is 0 Å². The van der Waals surface area contributed by atoms with Gasteiger partial charge in [0.05, 0.1) is 0 Å². The topological polar surface area (TPSA) is 121 Å². The van der Waals surface area contributed by atoms with Crippen molar-refractivity contribution in [2.45, 2.75) is 43.7 Å². The molecule has 0 atom stereocenters. The summed E-state index contributed by atoms with van der Waals surface area (Å²) in [7, 11) is -1.29. The number of rotatable bonds is 4. The van der Waals surface area contributed by atoms with Crippen molar-refractivity contribution in [2.24, 2.45) is 0 Å². The van der Waals surface area contributed by atoms with Gasteiger partial charge in [-0.3, -0.25) is 4.79 Å². The minimum atomic E-state index is -4.34. The molecule has 10 heteroatoms. The van der Waals surface area contributed by atoms with Crippen LogP contribution >= 0.6 is 0 Å². The maximum atomic E-state index is 12.6. The summed E-state index contributed by atoms with van der Waals surface area (Å²) in [6.45, 7) is 0. The van der Waals surface area contributed by atoms with E-state index in [1.54, 1.807) is 0 Å². The van der Waals surface area contributed by atoms with Crippen LogP contribution in [0.3, 0.4) is 0 Å². The molecule has 0 bridgehead atoms. The van der Waals surface area contributed by atoms with E-state index in [2.05, 4.69) is 21.4 Å². The first-order valence-electron chi connectivity index (χ1n) is 9.81. The smallest absolute Gasteiger partial charge is 0.333 e. The quantitative estimate of drug-likeness (QED) is 0.713. The normalized spacial score (nSPS) is 14.7. The first kappa shape index (κ1) is 20.3. The zero-order chi connectivity index (χ0) is 21.5. The predicted molar refractivity (Wildman–Crippen MR) is 110 cm³/mol. The number of nitrogens with one attached hydrogen (secondary N) is 2. The number of hydrogen-bond donors (Lipinski definition) is 2. The Morgan fingerprint density at radius 3 is 2.27 bits per heavy atom. The summed E-state index contributed by atoms with van der Waals surface area (Å²) in [5, 5.41) is 2.13. The molecule has 3 amide bonds. The van der Waals surface area contributed by atoms with Crippen LogP contribution in [0.4, 0.5) is 10.5 Å². The van der Waals surface area contributed by atoms with Crippen LogP contribution in [0.2, 0.25) is 0 Å². The molecule has 0 aliphatic heterocycles. The number of carbonyl (C=O) groups is 2. The van der Waals surface area contributed by atoms with E-state index < -0.39 is 27.1 Å². The highest BCUT2D eigenvalue weighted by Crippen LogP contribution is 2.38. The molecule has 1 heterocycles. The average molecular weight is 430 g/mol. The Kier molecular flexibility index (Phi) is 5.19. The maximum absolute atomic E-state index is 12.6. The van der Waals surface area contributed by atoms with Gasteiger partial charge >= 0.3 is 16.1 Å². The van der Waals surface area contributed by atoms with Gasteiger partial charge in [0, 0.05) is 26.0 Å². The molecule has 0 fully saturated rings. The molecule has 0 spiro atoms. The highest BCUT2D eigenvalue weighted by Gasteiger charge is 2.27. The number of amides is 3. The molecular weight excluding hydrogens is 406 g/mol. The Labute approximate surface area is 175 Å². The van der Waals surface area contributed by atoms with Crippen LogP contribution < -0.4 is 10.0 Å². The maximum Gasteiger partial charge on any atom is 0.333 e. The number of aryl methyl sites for hydroxylation is 2. The molecule has 0 saturated heterocycles. The van der Waals surface area contributed by atoms with Crippen molar-refractivity contribution in [1.82, 2.24) is 19.6 Å². The Hall–Kier alpha value is -3.01. The third kappa shape index (κ3) is 3.74. The van der Waals surface area contributed by atoms with Gasteiger partial charge in [-0.15, -0.1) is 0 Å². The Balaban J connectivity index is 1.57. The highest BCUT2D eigenvalue weighted by molar-refractivity contribution is 7.89. The number of urea groups is 1. The predicted octanol–water partition coefficient (Wildman–Crippen LogP) is 1.67. The fourth-order valence-corrected chi connectivity index (χ4v) is 4.90. The van der Waals surface area contributed by atoms with Gasteiger partial charge in [0.1, 0.15) is 5.69 Å². The number of benzene rings is 1. The van der Waals surface area contributed by atoms with Crippen molar-refractivity contribution in [3.05, 3.63) is 46.3 Å². The van der Waals surface area contributed by atoms with E-state index in [-0.39, 0.29) is 5.69 Å². The fraction of sp³-hybridized carbons (Fsp3) is 0.400. The van der Waals surface area contributed by atoms with E-state index in [0.29, 0.717) is 0 Å². The Bertz CT molecular complexity index is 1110. The monoisotopic (exact) mass is 429 g/mol. The summed E-state index contributed by atoms with van der Waals surface area (Å²) < 4.78 is 27.2. The van der Waals surface area contributed by atoms with E-state index >= 15 is 0 Å². The second-order valence-corrected chi connectivity index (χ2v) is 9.29. The molecule has 0 unspecified atom stereocenters. The molecule has 9 nitrogen and oxygen atoms in total. The van der Waals surface area contributed by atoms with Crippen molar-refractivity contribution in [1.29, 1.82) is 0 Å². The second kappa shape index (κ2) is 7.67. The number of fused-ring (bicyclic) bond motifs is 2. The first-order chi connectivity index (χ1) is 14.3. The van der Waals surface area contributed by atoms with Crippen molar-refractivity contribution < 1.29 is 18.0 Å². The fourth-order valence-electron chi connectivity index (χ4n) is 4.09. The van der Waals surface area contributed by atoms with Gasteiger partial charge in [-0.25, -0.2) is 19.5 Å². The van der Waals surface area contributed by atoms with Gasteiger partial charge in [0.25, 0.3) is 11.1 Å². The van der Waals surface area contributed by atoms with Crippen molar-refractivity contribution in [3.8, 4) is 0 Å². The molecule has 30 heavy (non-hydrogen) atoms. The average Bonchev–Trinajstić information content (AvgIpc) is 3.36. The number of anilines is 1. The zero-order valence-corrected chi connectivity index (χ0v) is 17.7. The number of aromatic nitrogens is 2. The number of carbonyl (C=O) groups excluding carboxylic acids is 2. The third-order valence-corrected chi connectivity index (χ3v) is 6.57. The van der Waals surface area contributed by atoms with Crippen LogP contribution in [0.1, 0.15) is 45.6 Å². The molecule has 1 aromatic carbocycles. The first-order valence-corrected chi connectivity index (χ1v) is 11.3. The molecule has 2 aliphatic rings. The lowest BCUT2D eigenvalue weighted by molar-refractivity contribution is 0.0821. The SMILES string of the molecule is CN(C)C(=O)c1ccnc(S(=O)(=O)NC(=O)Nc2c3c(cc4c2CCC4)CCC3)n1. The molecule has 158 valence electrons. The van der Waals surface area contributed by atoms with Gasteiger partial charge in [-0.05, 0) is 66.8 Å². The standard InChI is InChI=1S/C20H23N5O4S/c1-25(2)18(26)16-9-10-21-20(22-16)30(28,29)24-19(27)23-17-14-7-3-5-12(14)11-13-6-4-8-15(13)17/h9-11H,3-8H2,1-2H3,(H2,23,24,27). The molecule has 0 radical (unpaired) electrons. The van der Waals surface area contributed by atoms with Crippen LogP contribution in [-0.2, 0) is 35.7 Å². The van der Waals surface area contributed by atoms with E-state index in [9.17, 15) is 18.0 Å². The minimum Gasteiger partial charge on any atom is -0.343 e. The minimum absolute atomic E-state index is 0.0746. The van der Waals surface area contributed by atoms with E-state index in [1.807, 2.05) is 4.72 Å². The number of nitrogens with zero attached hydrogens (tertiary/aromatic N) is 3. The summed E-state index contributed by atoms with van der Waals surface area (Å²) in [5.74, 6) is -0.464. The molecule has 2 aromatic rings. The number of sulfonamides is 1. The molecular formula is C20H23N5O4S. The molecule has 2 aliphatic carbocycles. The Morgan fingerprint density at radius 1 is 1.03 bits per heavy atom. The largest absolute Gasteiger partial charge is 0.343 e. The summed E-state index contributed by atoms with van der Waals surface area (Å²) >= 11 is 0. The second-order valence-electron chi connectivity index (χ2n) is 7.72. The summed E-state index contributed by atoms with van der Waals surface area (Å²) in [4.78, 5) is 33.4. The van der Waals surface area contributed by atoms with Crippen LogP contribution in [0.25, 0.3) is 0 Å². The van der Waals surface area contributed by atoms with Crippen molar-refractivity contribution in [3.63, 3.8) is 0 Å². The zero-order valence-electron chi connectivity index (χ0n) is 16.9. The lowest BCUT2D eigenvalue weighted by atomic mass is 9.99. The molecule has 4 rings (SSSR count). The van der Waals surface area contributed by atoms with Crippen molar-refractivity contribution >= 4 is 27.6 Å². The van der Waals surface area contributed by atoms with Gasteiger partial charge in [-0.1, -0.05) is 6.07 Å². The lowest BCUT2D eigenvalue weighted by Crippen LogP contribution is -2.36. The summed E-state index contributed by atoms with van der Waals surface area (Å²) in [6.07, 6.45) is 6.88. The molecule has 0 saturated carbocycles.